The van der Waals surface area contributed by atoms with Gasteiger partial charge < -0.3 is 15.2 Å². The average molecular weight is 236 g/mol. The maximum absolute atomic E-state index is 11.8. The molecule has 1 saturated heterocycles. The maximum Gasteiger partial charge on any atom is 0.224 e. The number of carbonyl (C=O) groups excluding carboxylic acids is 1. The van der Waals surface area contributed by atoms with Crippen molar-refractivity contribution in [3.05, 3.63) is 18.2 Å². The molecule has 0 saturated carbocycles. The average Bonchev–Trinajstić information content (AvgIpc) is 2.76. The van der Waals surface area contributed by atoms with Gasteiger partial charge in [-0.2, -0.15) is 0 Å². The van der Waals surface area contributed by atoms with Crippen molar-refractivity contribution in [1.82, 2.24) is 20.2 Å². The predicted octanol–water partition coefficient (Wildman–Crippen LogP) is 0.0784. The Labute approximate surface area is 102 Å². The van der Waals surface area contributed by atoms with Crippen LogP contribution in [-0.2, 0) is 18.3 Å². The summed E-state index contributed by atoms with van der Waals surface area (Å²) in [5, 5.41) is 6.24. The van der Waals surface area contributed by atoms with Crippen molar-refractivity contribution in [3.8, 4) is 0 Å². The third-order valence-electron chi connectivity index (χ3n) is 3.24. The van der Waals surface area contributed by atoms with E-state index in [1.165, 1.54) is 0 Å². The molecule has 1 aliphatic rings. The summed E-state index contributed by atoms with van der Waals surface area (Å²) in [6.45, 7) is 2.52. The second-order valence-corrected chi connectivity index (χ2v) is 4.54. The predicted molar refractivity (Wildman–Crippen MR) is 65.5 cm³/mol. The first-order valence-electron chi connectivity index (χ1n) is 6.22. The number of amides is 1. The summed E-state index contributed by atoms with van der Waals surface area (Å²) in [6.07, 6.45) is 6.58. The van der Waals surface area contributed by atoms with Gasteiger partial charge in [0.1, 0.15) is 5.82 Å². The Kier molecular flexibility index (Phi) is 4.14. The zero-order valence-electron chi connectivity index (χ0n) is 10.3. The van der Waals surface area contributed by atoms with Crippen molar-refractivity contribution in [2.24, 2.45) is 13.0 Å². The van der Waals surface area contributed by atoms with E-state index in [1.54, 1.807) is 6.20 Å². The van der Waals surface area contributed by atoms with E-state index in [-0.39, 0.29) is 11.8 Å². The van der Waals surface area contributed by atoms with E-state index >= 15 is 0 Å². The summed E-state index contributed by atoms with van der Waals surface area (Å²) in [5.74, 6) is 1.32. The number of aromatic nitrogens is 2. The third kappa shape index (κ3) is 3.30. The second kappa shape index (κ2) is 5.82. The standard InChI is InChI=1S/C12H20N4O/c1-16-8-7-14-11(16)4-6-15-12(17)10-3-2-5-13-9-10/h7-8,10,13H,2-6,9H2,1H3,(H,15,17)/t10-/m1/s1. The highest BCUT2D eigenvalue weighted by Gasteiger charge is 2.20. The number of rotatable bonds is 4. The molecule has 0 spiro atoms. The first-order valence-corrected chi connectivity index (χ1v) is 6.22. The highest BCUT2D eigenvalue weighted by atomic mass is 16.1. The van der Waals surface area contributed by atoms with Gasteiger partial charge in [0.05, 0.1) is 5.92 Å². The van der Waals surface area contributed by atoms with Crippen LogP contribution in [0.5, 0.6) is 0 Å². The minimum atomic E-state index is 0.144. The van der Waals surface area contributed by atoms with Crippen molar-refractivity contribution in [3.63, 3.8) is 0 Å². The molecule has 0 radical (unpaired) electrons. The first kappa shape index (κ1) is 12.1. The zero-order chi connectivity index (χ0) is 12.1. The Hall–Kier alpha value is -1.36. The lowest BCUT2D eigenvalue weighted by Gasteiger charge is -2.21. The van der Waals surface area contributed by atoms with Gasteiger partial charge in [-0.05, 0) is 19.4 Å². The molecule has 1 aliphatic heterocycles. The molecular formula is C12H20N4O. The third-order valence-corrected chi connectivity index (χ3v) is 3.24. The topological polar surface area (TPSA) is 59.0 Å². The van der Waals surface area contributed by atoms with Crippen molar-refractivity contribution < 1.29 is 4.79 Å². The van der Waals surface area contributed by atoms with Crippen LogP contribution < -0.4 is 10.6 Å². The fraction of sp³-hybridized carbons (Fsp3) is 0.667. The number of carbonyl (C=O) groups is 1. The van der Waals surface area contributed by atoms with Crippen LogP contribution in [-0.4, -0.2) is 35.1 Å². The molecule has 1 aromatic heterocycles. The Morgan fingerprint density at radius 2 is 2.59 bits per heavy atom. The molecule has 1 amide bonds. The zero-order valence-corrected chi connectivity index (χ0v) is 10.3. The highest BCUT2D eigenvalue weighted by molar-refractivity contribution is 5.78. The van der Waals surface area contributed by atoms with Crippen LogP contribution in [0.2, 0.25) is 0 Å². The van der Waals surface area contributed by atoms with E-state index in [9.17, 15) is 4.79 Å². The summed E-state index contributed by atoms with van der Waals surface area (Å²) in [6, 6.07) is 0. The van der Waals surface area contributed by atoms with Crippen molar-refractivity contribution in [1.29, 1.82) is 0 Å². The molecule has 1 fully saturated rings. The van der Waals surface area contributed by atoms with Gasteiger partial charge in [0.15, 0.2) is 0 Å². The molecule has 0 bridgehead atoms. The molecule has 2 heterocycles. The van der Waals surface area contributed by atoms with E-state index < -0.39 is 0 Å². The van der Waals surface area contributed by atoms with Gasteiger partial charge in [-0.3, -0.25) is 4.79 Å². The molecule has 17 heavy (non-hydrogen) atoms. The van der Waals surface area contributed by atoms with Crippen LogP contribution in [0.15, 0.2) is 12.4 Å². The number of aryl methyl sites for hydroxylation is 1. The normalized spacial score (nSPS) is 20.2. The quantitative estimate of drug-likeness (QED) is 0.778. The molecule has 1 atom stereocenters. The van der Waals surface area contributed by atoms with E-state index in [0.29, 0.717) is 6.54 Å². The summed E-state index contributed by atoms with van der Waals surface area (Å²) >= 11 is 0. The molecular weight excluding hydrogens is 216 g/mol. The lowest BCUT2D eigenvalue weighted by Crippen LogP contribution is -2.41. The Bertz CT molecular complexity index is 368. The Balaban J connectivity index is 1.71. The second-order valence-electron chi connectivity index (χ2n) is 4.54. The first-order chi connectivity index (χ1) is 8.27. The lowest BCUT2D eigenvalue weighted by molar-refractivity contribution is -0.125. The summed E-state index contributed by atoms with van der Waals surface area (Å²) < 4.78 is 1.98. The van der Waals surface area contributed by atoms with Gasteiger partial charge in [0.2, 0.25) is 5.91 Å². The number of nitrogens with zero attached hydrogens (tertiary/aromatic N) is 2. The molecule has 1 aromatic rings. The van der Waals surface area contributed by atoms with E-state index in [1.807, 2.05) is 17.8 Å². The van der Waals surface area contributed by atoms with Gasteiger partial charge in [0.25, 0.3) is 0 Å². The van der Waals surface area contributed by atoms with Crippen molar-refractivity contribution in [2.45, 2.75) is 19.3 Å². The van der Waals surface area contributed by atoms with Crippen LogP contribution in [0, 0.1) is 5.92 Å². The molecule has 2 rings (SSSR count). The number of imidazole rings is 1. The van der Waals surface area contributed by atoms with Crippen LogP contribution in [0.1, 0.15) is 18.7 Å². The molecule has 94 valence electrons. The monoisotopic (exact) mass is 236 g/mol. The SMILES string of the molecule is Cn1ccnc1CCNC(=O)[C@@H]1CCCNC1. The fourth-order valence-electron chi connectivity index (χ4n) is 2.15. The lowest BCUT2D eigenvalue weighted by atomic mass is 9.99. The van der Waals surface area contributed by atoms with E-state index in [0.717, 1.165) is 38.2 Å². The van der Waals surface area contributed by atoms with Crippen LogP contribution in [0.4, 0.5) is 0 Å². The summed E-state index contributed by atoms with van der Waals surface area (Å²) in [7, 11) is 1.97. The number of hydrogen-bond acceptors (Lipinski definition) is 3. The molecule has 0 aromatic carbocycles. The molecule has 0 aliphatic carbocycles. The largest absolute Gasteiger partial charge is 0.355 e. The number of nitrogens with one attached hydrogen (secondary N) is 2. The van der Waals surface area contributed by atoms with Gasteiger partial charge >= 0.3 is 0 Å². The molecule has 5 heteroatoms. The molecule has 2 N–H and O–H groups in total. The van der Waals surface area contributed by atoms with Crippen LogP contribution in [0.3, 0.4) is 0 Å². The Morgan fingerprint density at radius 3 is 3.24 bits per heavy atom. The minimum Gasteiger partial charge on any atom is -0.355 e. The van der Waals surface area contributed by atoms with Crippen molar-refractivity contribution in [2.75, 3.05) is 19.6 Å². The fourth-order valence-corrected chi connectivity index (χ4v) is 2.15. The van der Waals surface area contributed by atoms with Crippen molar-refractivity contribution >= 4 is 5.91 Å². The van der Waals surface area contributed by atoms with Gasteiger partial charge in [-0.1, -0.05) is 0 Å². The highest BCUT2D eigenvalue weighted by Crippen LogP contribution is 2.09. The smallest absolute Gasteiger partial charge is 0.224 e. The summed E-state index contributed by atoms with van der Waals surface area (Å²) in [5.41, 5.74) is 0. The molecule has 5 nitrogen and oxygen atoms in total. The number of hydrogen-bond donors (Lipinski definition) is 2. The maximum atomic E-state index is 11.8. The van der Waals surface area contributed by atoms with Gasteiger partial charge in [-0.25, -0.2) is 4.98 Å². The van der Waals surface area contributed by atoms with Crippen LogP contribution >= 0.6 is 0 Å². The van der Waals surface area contributed by atoms with Gasteiger partial charge in [-0.15, -0.1) is 0 Å². The Morgan fingerprint density at radius 1 is 1.71 bits per heavy atom. The molecule has 0 unspecified atom stereocenters. The minimum absolute atomic E-state index is 0.144. The number of piperidine rings is 1. The van der Waals surface area contributed by atoms with Crippen LogP contribution in [0.25, 0.3) is 0 Å². The van der Waals surface area contributed by atoms with Gasteiger partial charge in [0, 0.05) is 39.0 Å². The van der Waals surface area contributed by atoms with E-state index in [2.05, 4.69) is 15.6 Å². The summed E-state index contributed by atoms with van der Waals surface area (Å²) in [4.78, 5) is 16.1. The van der Waals surface area contributed by atoms with E-state index in [4.69, 9.17) is 0 Å².